The van der Waals surface area contributed by atoms with Gasteiger partial charge < -0.3 is 16.2 Å². The molecular weight excluding hydrogens is 252 g/mol. The quantitative estimate of drug-likeness (QED) is 0.725. The topological polar surface area (TPSA) is 75.4 Å². The molecule has 4 nitrogen and oxygen atoms in total. The second-order valence-corrected chi connectivity index (χ2v) is 5.63. The Balaban J connectivity index is 0.00000162. The number of aliphatic hydroxyl groups excluding tert-OH is 1. The van der Waals surface area contributed by atoms with Gasteiger partial charge in [0.1, 0.15) is 0 Å². The maximum absolute atomic E-state index is 11.9. The van der Waals surface area contributed by atoms with Gasteiger partial charge in [0.05, 0.1) is 6.10 Å². The van der Waals surface area contributed by atoms with E-state index < -0.39 is 0 Å². The highest BCUT2D eigenvalue weighted by molar-refractivity contribution is 5.85. The van der Waals surface area contributed by atoms with Crippen LogP contribution in [0.4, 0.5) is 0 Å². The van der Waals surface area contributed by atoms with Crippen LogP contribution in [0.25, 0.3) is 0 Å². The zero-order chi connectivity index (χ0) is 12.3. The van der Waals surface area contributed by atoms with Gasteiger partial charge in [-0.1, -0.05) is 12.8 Å². The summed E-state index contributed by atoms with van der Waals surface area (Å²) in [6.07, 6.45) is 6.67. The summed E-state index contributed by atoms with van der Waals surface area (Å²) < 4.78 is 0. The molecule has 106 valence electrons. The first kappa shape index (κ1) is 15.7. The van der Waals surface area contributed by atoms with Gasteiger partial charge in [-0.25, -0.2) is 0 Å². The smallest absolute Gasteiger partial charge is 0.223 e. The van der Waals surface area contributed by atoms with E-state index in [2.05, 4.69) is 5.32 Å². The molecule has 0 aromatic rings. The molecule has 2 rings (SSSR count). The Morgan fingerprint density at radius 3 is 2.56 bits per heavy atom. The number of carbonyl (C=O) groups excluding carboxylic acids is 1. The van der Waals surface area contributed by atoms with E-state index in [1.807, 2.05) is 0 Å². The van der Waals surface area contributed by atoms with E-state index in [0.29, 0.717) is 6.54 Å². The highest BCUT2D eigenvalue weighted by Gasteiger charge is 2.29. The van der Waals surface area contributed by atoms with Gasteiger partial charge >= 0.3 is 0 Å². The Morgan fingerprint density at radius 2 is 1.94 bits per heavy atom. The van der Waals surface area contributed by atoms with E-state index in [0.717, 1.165) is 38.5 Å². The number of hydrogen-bond donors (Lipinski definition) is 3. The molecule has 0 aliphatic heterocycles. The average Bonchev–Trinajstić information content (AvgIpc) is 2.74. The van der Waals surface area contributed by atoms with Crippen LogP contribution >= 0.6 is 12.4 Å². The van der Waals surface area contributed by atoms with Crippen molar-refractivity contribution in [3.63, 3.8) is 0 Å². The van der Waals surface area contributed by atoms with Crippen LogP contribution < -0.4 is 11.1 Å². The molecule has 2 aliphatic carbocycles. The first-order valence-corrected chi connectivity index (χ1v) is 6.88. The molecule has 4 N–H and O–H groups in total. The van der Waals surface area contributed by atoms with Crippen molar-refractivity contribution in [1.82, 2.24) is 5.32 Å². The lowest BCUT2D eigenvalue weighted by Gasteiger charge is -2.28. The lowest BCUT2D eigenvalue weighted by Crippen LogP contribution is -2.39. The normalized spacial score (nSPS) is 35.9. The predicted octanol–water partition coefficient (Wildman–Crippen LogP) is 1.20. The van der Waals surface area contributed by atoms with Gasteiger partial charge in [-0.15, -0.1) is 12.4 Å². The fourth-order valence-corrected chi connectivity index (χ4v) is 3.06. The first-order chi connectivity index (χ1) is 8.16. The lowest BCUT2D eigenvalue weighted by molar-refractivity contribution is -0.125. The Bertz CT molecular complexity index is 276. The SMILES string of the molecule is Cl.NC1CCC(C(=O)NCC2CCCCC2O)C1. The van der Waals surface area contributed by atoms with Crippen molar-refractivity contribution < 1.29 is 9.90 Å². The molecule has 0 heterocycles. The van der Waals surface area contributed by atoms with Gasteiger partial charge in [-0.2, -0.15) is 0 Å². The molecule has 5 heteroatoms. The maximum atomic E-state index is 11.9. The molecule has 0 radical (unpaired) electrons. The number of hydrogen-bond acceptors (Lipinski definition) is 3. The minimum Gasteiger partial charge on any atom is -0.393 e. The van der Waals surface area contributed by atoms with Gasteiger partial charge in [0.25, 0.3) is 0 Å². The summed E-state index contributed by atoms with van der Waals surface area (Å²) >= 11 is 0. The summed E-state index contributed by atoms with van der Waals surface area (Å²) in [5, 5.41) is 12.8. The van der Waals surface area contributed by atoms with Crippen LogP contribution in [-0.2, 0) is 4.79 Å². The van der Waals surface area contributed by atoms with Crippen molar-refractivity contribution in [2.75, 3.05) is 6.54 Å². The van der Waals surface area contributed by atoms with Crippen molar-refractivity contribution in [1.29, 1.82) is 0 Å². The number of nitrogens with two attached hydrogens (primary N) is 1. The molecule has 2 fully saturated rings. The largest absolute Gasteiger partial charge is 0.393 e. The Morgan fingerprint density at radius 1 is 1.22 bits per heavy atom. The minimum absolute atomic E-state index is 0. The highest BCUT2D eigenvalue weighted by Crippen LogP contribution is 2.26. The van der Waals surface area contributed by atoms with E-state index in [-0.39, 0.29) is 42.3 Å². The third kappa shape index (κ3) is 4.11. The molecule has 0 aromatic carbocycles. The molecule has 4 atom stereocenters. The molecule has 0 aromatic heterocycles. The first-order valence-electron chi connectivity index (χ1n) is 6.88. The van der Waals surface area contributed by atoms with Gasteiger partial charge in [0.2, 0.25) is 5.91 Å². The third-order valence-electron chi connectivity index (χ3n) is 4.25. The zero-order valence-corrected chi connectivity index (χ0v) is 11.6. The fourth-order valence-electron chi connectivity index (χ4n) is 3.06. The van der Waals surface area contributed by atoms with E-state index in [1.54, 1.807) is 0 Å². The lowest BCUT2D eigenvalue weighted by atomic mass is 9.86. The van der Waals surface area contributed by atoms with Crippen molar-refractivity contribution in [2.45, 2.75) is 57.1 Å². The van der Waals surface area contributed by atoms with Crippen LogP contribution in [-0.4, -0.2) is 29.7 Å². The van der Waals surface area contributed by atoms with E-state index in [9.17, 15) is 9.90 Å². The molecule has 0 bridgehead atoms. The molecule has 18 heavy (non-hydrogen) atoms. The van der Waals surface area contributed by atoms with E-state index in [1.165, 1.54) is 6.42 Å². The van der Waals surface area contributed by atoms with Crippen molar-refractivity contribution >= 4 is 18.3 Å². The van der Waals surface area contributed by atoms with Crippen LogP contribution in [0.5, 0.6) is 0 Å². The predicted molar refractivity (Wildman–Crippen MR) is 73.5 cm³/mol. The zero-order valence-electron chi connectivity index (χ0n) is 10.8. The molecular formula is C13H25ClN2O2. The van der Waals surface area contributed by atoms with Gasteiger partial charge in [-0.3, -0.25) is 4.79 Å². The van der Waals surface area contributed by atoms with Crippen molar-refractivity contribution in [3.05, 3.63) is 0 Å². The van der Waals surface area contributed by atoms with Gasteiger partial charge in [0.15, 0.2) is 0 Å². The molecule has 0 spiro atoms. The Labute approximate surface area is 115 Å². The van der Waals surface area contributed by atoms with Crippen LogP contribution in [0.2, 0.25) is 0 Å². The van der Waals surface area contributed by atoms with Crippen LogP contribution in [0, 0.1) is 11.8 Å². The maximum Gasteiger partial charge on any atom is 0.223 e. The second-order valence-electron chi connectivity index (χ2n) is 5.63. The summed E-state index contributed by atoms with van der Waals surface area (Å²) in [5.74, 6) is 0.490. The van der Waals surface area contributed by atoms with Crippen LogP contribution in [0.15, 0.2) is 0 Å². The summed E-state index contributed by atoms with van der Waals surface area (Å²) in [7, 11) is 0. The molecule has 4 unspecified atom stereocenters. The standard InChI is InChI=1S/C13H24N2O2.ClH/c14-11-6-5-9(7-11)13(17)15-8-10-3-1-2-4-12(10)16;/h9-12,16H,1-8,14H2,(H,15,17);1H. The van der Waals surface area contributed by atoms with E-state index in [4.69, 9.17) is 5.73 Å². The van der Waals surface area contributed by atoms with Crippen molar-refractivity contribution in [2.24, 2.45) is 17.6 Å². The van der Waals surface area contributed by atoms with Gasteiger partial charge in [-0.05, 0) is 32.1 Å². The number of rotatable bonds is 3. The molecule has 2 saturated carbocycles. The highest BCUT2D eigenvalue weighted by atomic mass is 35.5. The van der Waals surface area contributed by atoms with Crippen LogP contribution in [0.3, 0.4) is 0 Å². The monoisotopic (exact) mass is 276 g/mol. The number of aliphatic hydroxyl groups is 1. The molecule has 1 amide bonds. The minimum atomic E-state index is -0.227. The Hall–Kier alpha value is -0.320. The number of halogens is 1. The average molecular weight is 277 g/mol. The number of nitrogens with one attached hydrogen (secondary N) is 1. The number of carbonyl (C=O) groups is 1. The summed E-state index contributed by atoms with van der Waals surface area (Å²) in [6.45, 7) is 0.631. The third-order valence-corrected chi connectivity index (χ3v) is 4.25. The number of amides is 1. The molecule has 2 aliphatic rings. The summed E-state index contributed by atoms with van der Waals surface area (Å²) in [4.78, 5) is 11.9. The van der Waals surface area contributed by atoms with Crippen LogP contribution in [0.1, 0.15) is 44.9 Å². The molecule has 0 saturated heterocycles. The summed E-state index contributed by atoms with van der Waals surface area (Å²) in [6, 6.07) is 0.200. The van der Waals surface area contributed by atoms with Crippen molar-refractivity contribution in [3.8, 4) is 0 Å². The summed E-state index contributed by atoms with van der Waals surface area (Å²) in [5.41, 5.74) is 5.80. The van der Waals surface area contributed by atoms with E-state index >= 15 is 0 Å². The fraction of sp³-hybridized carbons (Fsp3) is 0.923. The van der Waals surface area contributed by atoms with Gasteiger partial charge in [0, 0.05) is 24.4 Å². The second kappa shape index (κ2) is 7.31. The Kier molecular flexibility index (Phi) is 6.39.